The highest BCUT2D eigenvalue weighted by Crippen LogP contribution is 2.54. The Morgan fingerprint density at radius 3 is 2.51 bits per heavy atom. The molecule has 2 saturated heterocycles. The van der Waals surface area contributed by atoms with Crippen molar-refractivity contribution in [1.82, 2.24) is 15.1 Å². The van der Waals surface area contributed by atoms with Crippen LogP contribution in [0.2, 0.25) is 0 Å². The molecule has 0 aromatic heterocycles. The van der Waals surface area contributed by atoms with E-state index in [0.717, 1.165) is 32.1 Å². The molecule has 45 heavy (non-hydrogen) atoms. The van der Waals surface area contributed by atoms with E-state index in [1.54, 1.807) is 19.1 Å². The Kier molecular flexibility index (Phi) is 9.15. The van der Waals surface area contributed by atoms with Crippen molar-refractivity contribution < 1.29 is 33.8 Å². The van der Waals surface area contributed by atoms with E-state index in [0.29, 0.717) is 24.9 Å². The second-order valence-electron chi connectivity index (χ2n) is 13.1. The molecule has 10 nitrogen and oxygen atoms in total. The molecule has 4 heterocycles. The average molecular weight is 620 g/mol. The average Bonchev–Trinajstić information content (AvgIpc) is 3.43. The van der Waals surface area contributed by atoms with Gasteiger partial charge in [-0.1, -0.05) is 80.8 Å². The third kappa shape index (κ3) is 5.60. The summed E-state index contributed by atoms with van der Waals surface area (Å²) < 4.78 is 13.0. The molecule has 8 atom stereocenters. The van der Waals surface area contributed by atoms with E-state index in [1.807, 2.05) is 54.3 Å². The molecule has 10 heteroatoms. The van der Waals surface area contributed by atoms with Gasteiger partial charge in [0, 0.05) is 19.0 Å². The quantitative estimate of drug-likeness (QED) is 0.383. The van der Waals surface area contributed by atoms with Crippen LogP contribution in [0.15, 0.2) is 54.6 Å². The third-order valence-electron chi connectivity index (χ3n) is 10.4. The first kappa shape index (κ1) is 31.5. The van der Waals surface area contributed by atoms with Crippen molar-refractivity contribution in [2.24, 2.45) is 11.8 Å². The maximum atomic E-state index is 14.6. The minimum absolute atomic E-state index is 0.0638. The molecule has 1 aromatic rings. The van der Waals surface area contributed by atoms with Crippen molar-refractivity contribution in [3.63, 3.8) is 0 Å². The largest absolute Gasteiger partial charge is 0.455 e. The number of nitrogens with zero attached hydrogens (tertiary/aromatic N) is 2. The maximum Gasteiger partial charge on any atom is 0.313 e. The lowest BCUT2D eigenvalue weighted by atomic mass is 9.77. The Hall–Kier alpha value is -3.50. The molecule has 1 aliphatic carbocycles. The Balaban J connectivity index is 1.44. The second-order valence-corrected chi connectivity index (χ2v) is 13.1. The molecule has 0 radical (unpaired) electrons. The van der Waals surface area contributed by atoms with Gasteiger partial charge in [-0.3, -0.25) is 19.2 Å². The molecule has 3 amide bonds. The number of esters is 1. The summed E-state index contributed by atoms with van der Waals surface area (Å²) in [5.41, 5.74) is -0.700. The number of carbonyl (C=O) groups excluding carboxylic acids is 4. The maximum absolute atomic E-state index is 14.6. The minimum atomic E-state index is -1.42. The van der Waals surface area contributed by atoms with Crippen LogP contribution in [0.4, 0.5) is 0 Å². The van der Waals surface area contributed by atoms with Crippen LogP contribution in [-0.2, 0) is 28.7 Å². The molecule has 1 spiro atoms. The number of hydrogen-bond donors (Lipinski definition) is 2. The van der Waals surface area contributed by atoms with Gasteiger partial charge in [-0.25, -0.2) is 0 Å². The number of nitrogens with one attached hydrogen (secondary N) is 1. The summed E-state index contributed by atoms with van der Waals surface area (Å²) in [5, 5.41) is 13.4. The Morgan fingerprint density at radius 1 is 1.04 bits per heavy atom. The van der Waals surface area contributed by atoms with E-state index in [2.05, 4.69) is 5.32 Å². The van der Waals surface area contributed by atoms with Crippen LogP contribution >= 0.6 is 0 Å². The van der Waals surface area contributed by atoms with E-state index in [1.165, 1.54) is 4.90 Å². The molecule has 1 aromatic carbocycles. The first-order chi connectivity index (χ1) is 21.8. The molecule has 5 aliphatic rings. The number of carbonyl (C=O) groups is 4. The van der Waals surface area contributed by atoms with Crippen molar-refractivity contribution in [1.29, 1.82) is 0 Å². The first-order valence-corrected chi connectivity index (χ1v) is 16.6. The third-order valence-corrected chi connectivity index (χ3v) is 10.4. The summed E-state index contributed by atoms with van der Waals surface area (Å²) in [5.74, 6) is -3.43. The zero-order valence-electron chi connectivity index (χ0n) is 26.2. The monoisotopic (exact) mass is 619 g/mol. The number of aliphatic hydroxyl groups is 1. The van der Waals surface area contributed by atoms with Gasteiger partial charge in [-0.2, -0.15) is 0 Å². The summed E-state index contributed by atoms with van der Waals surface area (Å²) in [6.45, 7) is 3.76. The van der Waals surface area contributed by atoms with Gasteiger partial charge >= 0.3 is 5.97 Å². The minimum Gasteiger partial charge on any atom is -0.455 e. The van der Waals surface area contributed by atoms with Crippen LogP contribution in [0.25, 0.3) is 0 Å². The molecular formula is C35H45N3O7. The lowest BCUT2D eigenvalue weighted by Crippen LogP contribution is -2.59. The van der Waals surface area contributed by atoms with Gasteiger partial charge in [-0.15, -0.1) is 0 Å². The molecule has 242 valence electrons. The van der Waals surface area contributed by atoms with Crippen LogP contribution in [0.3, 0.4) is 0 Å². The Bertz CT molecular complexity index is 1340. The van der Waals surface area contributed by atoms with Gasteiger partial charge < -0.3 is 29.7 Å². The number of likely N-dealkylation sites (tertiary alicyclic amines) is 1. The number of fused-ring (bicyclic) bond motifs is 2. The van der Waals surface area contributed by atoms with Gasteiger partial charge in [0.15, 0.2) is 0 Å². The molecule has 0 bridgehead atoms. The smallest absolute Gasteiger partial charge is 0.313 e. The second kappa shape index (κ2) is 13.1. The van der Waals surface area contributed by atoms with Gasteiger partial charge in [0.2, 0.25) is 17.7 Å². The summed E-state index contributed by atoms with van der Waals surface area (Å²) in [6, 6.07) is 7.13. The van der Waals surface area contributed by atoms with Crippen LogP contribution in [-0.4, -0.2) is 87.6 Å². The molecule has 3 fully saturated rings. The van der Waals surface area contributed by atoms with E-state index in [9.17, 15) is 24.3 Å². The van der Waals surface area contributed by atoms with Gasteiger partial charge in [-0.05, 0) is 38.2 Å². The number of aliphatic hydroxyl groups excluding tert-OH is 1. The standard InChI is InChI=1S/C35H45N3O7/c1-3-24(21-39)38-31-33(42)37(25-15-8-5-9-16-25)20-12-19-35(31)29(32(38)41)28-26(45-35)17-10-11-18-27(40)36-22(2)30(44-34(28)43)23-13-6-4-7-14-23/h4,6-7,10,12-14,17,19,22,24-26,28-31,39H,3,5,8-9,11,15-16,18,20-21H2,1-2H3,(H,36,40)/b17-10-/t22-,24-,26-,28+,29+,30+,31-,35+/m0/s1. The van der Waals surface area contributed by atoms with Crippen molar-refractivity contribution in [3.05, 3.63) is 60.2 Å². The predicted molar refractivity (Wildman–Crippen MR) is 165 cm³/mol. The molecule has 1 saturated carbocycles. The Labute approximate surface area is 264 Å². The van der Waals surface area contributed by atoms with Crippen LogP contribution in [0, 0.1) is 11.8 Å². The number of benzene rings is 1. The normalized spacial score (nSPS) is 35.7. The fourth-order valence-electron chi connectivity index (χ4n) is 8.19. The predicted octanol–water partition coefficient (Wildman–Crippen LogP) is 3.21. The van der Waals surface area contributed by atoms with Crippen LogP contribution in [0.1, 0.15) is 76.9 Å². The number of rotatable bonds is 5. The van der Waals surface area contributed by atoms with Crippen LogP contribution < -0.4 is 5.32 Å². The summed E-state index contributed by atoms with van der Waals surface area (Å²) in [7, 11) is 0. The molecular weight excluding hydrogens is 574 g/mol. The van der Waals surface area contributed by atoms with Gasteiger partial charge in [0.1, 0.15) is 23.7 Å². The molecule has 6 rings (SSSR count). The lowest BCUT2D eigenvalue weighted by Gasteiger charge is -2.41. The number of amides is 3. The van der Waals surface area contributed by atoms with Crippen molar-refractivity contribution in [2.45, 2.75) is 107 Å². The number of hydrogen-bond acceptors (Lipinski definition) is 7. The van der Waals surface area contributed by atoms with Gasteiger partial charge in [0.05, 0.1) is 30.7 Å². The van der Waals surface area contributed by atoms with Crippen molar-refractivity contribution in [3.8, 4) is 0 Å². The number of allylic oxidation sites excluding steroid dienone is 1. The molecule has 0 unspecified atom stereocenters. The van der Waals surface area contributed by atoms with E-state index < -0.39 is 53.7 Å². The summed E-state index contributed by atoms with van der Waals surface area (Å²) in [4.78, 5) is 59.8. The van der Waals surface area contributed by atoms with Crippen LogP contribution in [0.5, 0.6) is 0 Å². The van der Waals surface area contributed by atoms with E-state index >= 15 is 0 Å². The fourth-order valence-corrected chi connectivity index (χ4v) is 8.19. The zero-order valence-corrected chi connectivity index (χ0v) is 26.2. The SMILES string of the molecule is CC[C@@H](CO)N1C(=O)[C@H]2[C@@H]3C(=O)O[C@@H](c4ccccc4)[C@H](C)NC(=O)CC/C=C\[C@@H]3O[C@]23C=CCN(C2CCCCC2)C(=O)[C@H]13. The van der Waals surface area contributed by atoms with Gasteiger partial charge in [0.25, 0.3) is 0 Å². The van der Waals surface area contributed by atoms with E-state index in [-0.39, 0.29) is 36.8 Å². The van der Waals surface area contributed by atoms with E-state index in [4.69, 9.17) is 9.47 Å². The van der Waals surface area contributed by atoms with Crippen molar-refractivity contribution >= 4 is 23.7 Å². The number of cyclic esters (lactones) is 1. The zero-order chi connectivity index (χ0) is 31.7. The molecule has 2 N–H and O–H groups in total. The topological polar surface area (TPSA) is 125 Å². The number of ether oxygens (including phenoxy) is 2. The molecule has 4 aliphatic heterocycles. The highest BCUT2D eigenvalue weighted by molar-refractivity contribution is 5.99. The lowest BCUT2D eigenvalue weighted by molar-refractivity contribution is -0.162. The summed E-state index contributed by atoms with van der Waals surface area (Å²) >= 11 is 0. The summed E-state index contributed by atoms with van der Waals surface area (Å²) in [6.07, 6.45) is 11.8. The fraction of sp³-hybridized carbons (Fsp3) is 0.600. The first-order valence-electron chi connectivity index (χ1n) is 16.6. The van der Waals surface area contributed by atoms with Crippen molar-refractivity contribution in [2.75, 3.05) is 13.2 Å². The highest BCUT2D eigenvalue weighted by atomic mass is 16.6. The Morgan fingerprint density at radius 2 is 1.80 bits per heavy atom. The highest BCUT2D eigenvalue weighted by Gasteiger charge is 2.72.